The van der Waals surface area contributed by atoms with Crippen LogP contribution in [0.3, 0.4) is 0 Å². The highest BCUT2D eigenvalue weighted by molar-refractivity contribution is 14.1. The van der Waals surface area contributed by atoms with Gasteiger partial charge in [0, 0.05) is 15.3 Å². The lowest BCUT2D eigenvalue weighted by molar-refractivity contribution is -0.306. The summed E-state index contributed by atoms with van der Waals surface area (Å²) in [5, 5.41) is 10.6. The summed E-state index contributed by atoms with van der Waals surface area (Å²) in [6, 6.07) is 5.13. The molecule has 1 aliphatic rings. The molecule has 76 valence electrons. The molecular formula is C10H5INO3-. The van der Waals surface area contributed by atoms with Crippen molar-refractivity contribution in [1.82, 2.24) is 0 Å². The van der Waals surface area contributed by atoms with Crippen molar-refractivity contribution in [3.8, 4) is 0 Å². The van der Waals surface area contributed by atoms with Crippen LogP contribution < -0.4 is 5.11 Å². The molecule has 0 radical (unpaired) electrons. The number of carboxylic acid groups (broad SMARTS) is 1. The number of aliphatic imine (C=N–C) groups is 1. The van der Waals surface area contributed by atoms with Gasteiger partial charge in [0.1, 0.15) is 0 Å². The van der Waals surface area contributed by atoms with Crippen molar-refractivity contribution in [3.63, 3.8) is 0 Å². The number of carboxylic acids is 1. The minimum Gasteiger partial charge on any atom is -0.549 e. The number of aliphatic carboxylic acids is 1. The largest absolute Gasteiger partial charge is 0.549 e. The predicted molar refractivity (Wildman–Crippen MR) is 60.1 cm³/mol. The molecule has 1 aliphatic heterocycles. The predicted octanol–water partition coefficient (Wildman–Crippen LogP) is 0.556. The van der Waals surface area contributed by atoms with Crippen LogP contribution in [0.4, 0.5) is 5.69 Å². The minimum atomic E-state index is -1.41. The van der Waals surface area contributed by atoms with Crippen molar-refractivity contribution in [1.29, 1.82) is 0 Å². The molecule has 0 bridgehead atoms. The maximum absolute atomic E-state index is 11.7. The lowest BCUT2D eigenvalue weighted by Crippen LogP contribution is -2.38. The molecule has 2 rings (SSSR count). The second kappa shape index (κ2) is 3.73. The lowest BCUT2D eigenvalue weighted by atomic mass is 9.95. The van der Waals surface area contributed by atoms with E-state index in [0.29, 0.717) is 11.3 Å². The van der Waals surface area contributed by atoms with Crippen LogP contribution in [0.25, 0.3) is 0 Å². The first-order valence-corrected chi connectivity index (χ1v) is 5.26. The number of hydrogen-bond donors (Lipinski definition) is 0. The number of Topliss-reactive ketones (excluding diaryl/α,β-unsaturated/α-hetero) is 1. The zero-order valence-electron chi connectivity index (χ0n) is 7.44. The summed E-state index contributed by atoms with van der Waals surface area (Å²) in [6.07, 6.45) is 1.12. The smallest absolute Gasteiger partial charge is 0.179 e. The molecule has 1 atom stereocenters. The third-order valence-electron chi connectivity index (χ3n) is 2.12. The van der Waals surface area contributed by atoms with Gasteiger partial charge in [0.25, 0.3) is 0 Å². The van der Waals surface area contributed by atoms with E-state index >= 15 is 0 Å². The number of hydrogen-bond acceptors (Lipinski definition) is 4. The third-order valence-corrected chi connectivity index (χ3v) is 2.79. The van der Waals surface area contributed by atoms with Gasteiger partial charge in [-0.05, 0) is 40.8 Å². The van der Waals surface area contributed by atoms with Gasteiger partial charge in [0.2, 0.25) is 0 Å². The summed E-state index contributed by atoms with van der Waals surface area (Å²) in [7, 11) is 0. The van der Waals surface area contributed by atoms with Crippen molar-refractivity contribution in [2.45, 2.75) is 0 Å². The zero-order chi connectivity index (χ0) is 11.0. The maximum Gasteiger partial charge on any atom is 0.179 e. The fourth-order valence-electron chi connectivity index (χ4n) is 1.38. The molecule has 1 aromatic rings. The Bertz CT molecular complexity index is 482. The van der Waals surface area contributed by atoms with Gasteiger partial charge >= 0.3 is 0 Å². The summed E-state index contributed by atoms with van der Waals surface area (Å²) in [5.41, 5.74) is 0.858. The van der Waals surface area contributed by atoms with Gasteiger partial charge in [0.15, 0.2) is 5.78 Å². The molecule has 1 aromatic carbocycles. The molecule has 15 heavy (non-hydrogen) atoms. The van der Waals surface area contributed by atoms with Gasteiger partial charge in [-0.1, -0.05) is 0 Å². The van der Waals surface area contributed by atoms with Crippen LogP contribution in [0.2, 0.25) is 0 Å². The summed E-state index contributed by atoms with van der Waals surface area (Å²) < 4.78 is 0.869. The molecule has 1 heterocycles. The normalized spacial score (nSPS) is 18.7. The first kappa shape index (κ1) is 10.3. The van der Waals surface area contributed by atoms with Gasteiger partial charge in [-0.15, -0.1) is 0 Å². The van der Waals surface area contributed by atoms with Gasteiger partial charge in [0.05, 0.1) is 17.6 Å². The van der Waals surface area contributed by atoms with Gasteiger partial charge < -0.3 is 9.90 Å². The minimum absolute atomic E-state index is 0.346. The molecule has 1 unspecified atom stereocenters. The molecule has 0 aromatic heterocycles. The number of rotatable bonds is 1. The molecule has 0 saturated carbocycles. The fourth-order valence-corrected chi connectivity index (χ4v) is 1.87. The van der Waals surface area contributed by atoms with E-state index in [1.807, 2.05) is 6.07 Å². The van der Waals surface area contributed by atoms with E-state index in [1.165, 1.54) is 0 Å². The fraction of sp³-hybridized carbons (Fsp3) is 0.100. The van der Waals surface area contributed by atoms with Gasteiger partial charge in [-0.3, -0.25) is 9.79 Å². The number of nitrogens with zero attached hydrogens (tertiary/aromatic N) is 1. The Balaban J connectivity index is 2.53. The van der Waals surface area contributed by atoms with Crippen LogP contribution >= 0.6 is 22.6 Å². The van der Waals surface area contributed by atoms with E-state index in [-0.39, 0.29) is 0 Å². The van der Waals surface area contributed by atoms with E-state index in [4.69, 9.17) is 0 Å². The Kier molecular flexibility index (Phi) is 2.56. The quantitative estimate of drug-likeness (QED) is 0.562. The molecule has 0 spiro atoms. The van der Waals surface area contributed by atoms with Crippen molar-refractivity contribution in [2.24, 2.45) is 10.9 Å². The first-order chi connectivity index (χ1) is 7.09. The monoisotopic (exact) mass is 314 g/mol. The molecule has 4 nitrogen and oxygen atoms in total. The average molecular weight is 314 g/mol. The van der Waals surface area contributed by atoms with E-state index < -0.39 is 17.7 Å². The lowest BCUT2D eigenvalue weighted by Gasteiger charge is -2.17. The summed E-state index contributed by atoms with van der Waals surface area (Å²) in [6.45, 7) is 0. The van der Waals surface area contributed by atoms with Crippen LogP contribution in [0.1, 0.15) is 10.4 Å². The van der Waals surface area contributed by atoms with Crippen molar-refractivity contribution >= 4 is 46.2 Å². The molecule has 0 amide bonds. The Morgan fingerprint density at radius 3 is 2.87 bits per heavy atom. The highest BCUT2D eigenvalue weighted by atomic mass is 127. The Labute approximate surface area is 99.2 Å². The van der Waals surface area contributed by atoms with E-state index in [0.717, 1.165) is 9.78 Å². The molecule has 5 heteroatoms. The Morgan fingerprint density at radius 2 is 2.20 bits per heavy atom. The van der Waals surface area contributed by atoms with Crippen LogP contribution in [0.5, 0.6) is 0 Å². The number of benzene rings is 1. The highest BCUT2D eigenvalue weighted by Crippen LogP contribution is 2.27. The van der Waals surface area contributed by atoms with Crippen LogP contribution in [0, 0.1) is 9.49 Å². The molecular weight excluding hydrogens is 309 g/mol. The Hall–Kier alpha value is -1.24. The first-order valence-electron chi connectivity index (χ1n) is 4.18. The van der Waals surface area contributed by atoms with Crippen LogP contribution in [-0.2, 0) is 4.79 Å². The summed E-state index contributed by atoms with van der Waals surface area (Å²) in [5.74, 6) is -3.12. The number of ketones is 1. The van der Waals surface area contributed by atoms with Gasteiger partial charge in [-0.25, -0.2) is 0 Å². The van der Waals surface area contributed by atoms with Crippen molar-refractivity contribution in [2.75, 3.05) is 0 Å². The second-order valence-corrected chi connectivity index (χ2v) is 4.35. The van der Waals surface area contributed by atoms with E-state index in [9.17, 15) is 14.7 Å². The number of carbonyl (C=O) groups is 2. The number of carbonyl (C=O) groups excluding carboxylic acids is 2. The van der Waals surface area contributed by atoms with Gasteiger partial charge in [-0.2, -0.15) is 0 Å². The SMILES string of the molecule is O=C([O-])C1C=Nc2ccc(I)cc2C1=O. The topological polar surface area (TPSA) is 69.6 Å². The Morgan fingerprint density at radius 1 is 1.47 bits per heavy atom. The van der Waals surface area contributed by atoms with E-state index in [2.05, 4.69) is 27.6 Å². The number of fused-ring (bicyclic) bond motifs is 1. The molecule has 0 N–H and O–H groups in total. The number of halogens is 1. The zero-order valence-corrected chi connectivity index (χ0v) is 9.59. The standard InChI is InChI=1S/C10H6INO3/c11-5-1-2-8-6(3-5)9(13)7(4-12-8)10(14)15/h1-4,7H,(H,14,15)/p-1. The second-order valence-electron chi connectivity index (χ2n) is 3.10. The van der Waals surface area contributed by atoms with Crippen molar-refractivity contribution in [3.05, 3.63) is 27.3 Å². The molecule has 0 fully saturated rings. The van der Waals surface area contributed by atoms with Crippen LogP contribution in [-0.4, -0.2) is 18.0 Å². The molecule has 0 saturated heterocycles. The van der Waals surface area contributed by atoms with Crippen molar-refractivity contribution < 1.29 is 14.7 Å². The van der Waals surface area contributed by atoms with Crippen LogP contribution in [0.15, 0.2) is 23.2 Å². The highest BCUT2D eigenvalue weighted by Gasteiger charge is 2.25. The third kappa shape index (κ3) is 1.79. The van der Waals surface area contributed by atoms with E-state index in [1.54, 1.807) is 12.1 Å². The molecule has 0 aliphatic carbocycles. The summed E-state index contributed by atoms with van der Waals surface area (Å²) >= 11 is 2.05. The summed E-state index contributed by atoms with van der Waals surface area (Å²) in [4.78, 5) is 26.2. The average Bonchev–Trinajstić information content (AvgIpc) is 2.19. The maximum atomic E-state index is 11.7.